The number of amides is 1. The lowest BCUT2D eigenvalue weighted by atomic mass is 10.1. The molecule has 1 atom stereocenters. The van der Waals surface area contributed by atoms with Gasteiger partial charge in [0.1, 0.15) is 17.1 Å². The van der Waals surface area contributed by atoms with E-state index in [-0.39, 0.29) is 5.56 Å². The van der Waals surface area contributed by atoms with Gasteiger partial charge in [0, 0.05) is 10.9 Å². The molecule has 0 bridgehead atoms. The van der Waals surface area contributed by atoms with E-state index in [4.69, 9.17) is 28.3 Å². The minimum atomic E-state index is -1.07. The minimum absolute atomic E-state index is 0.221. The summed E-state index contributed by atoms with van der Waals surface area (Å²) < 4.78 is 21.7. The fourth-order valence-electron chi connectivity index (χ4n) is 4.07. The topological polar surface area (TPSA) is 130 Å². The molecule has 0 saturated heterocycles. The third-order valence-electron chi connectivity index (χ3n) is 6.18. The lowest BCUT2D eigenvalue weighted by molar-refractivity contribution is -0.123. The number of esters is 1. The van der Waals surface area contributed by atoms with Gasteiger partial charge < -0.3 is 18.3 Å². The Kier molecular flexibility index (Phi) is 7.00. The summed E-state index contributed by atoms with van der Waals surface area (Å²) in [4.78, 5) is 39.6. The van der Waals surface area contributed by atoms with Gasteiger partial charge in [0.15, 0.2) is 22.8 Å². The first-order valence-corrected chi connectivity index (χ1v) is 13.4. The Hall–Kier alpha value is -5.29. The Labute approximate surface area is 237 Å². The number of nitrogens with zero attached hydrogens (tertiary/aromatic N) is 3. The molecule has 1 unspecified atom stereocenters. The number of fused-ring (bicyclic) bond motifs is 1. The van der Waals surface area contributed by atoms with Crippen molar-refractivity contribution in [3.8, 4) is 39.9 Å². The quantitative estimate of drug-likeness (QED) is 0.206. The van der Waals surface area contributed by atoms with Crippen molar-refractivity contribution in [1.29, 1.82) is 0 Å². The Morgan fingerprint density at radius 3 is 2.20 bits per heavy atom. The molecule has 0 radical (unpaired) electrons. The highest BCUT2D eigenvalue weighted by atomic mass is 32.1. The maximum absolute atomic E-state index is 13.0. The number of aromatic nitrogens is 3. The molecule has 4 heterocycles. The molecule has 41 heavy (non-hydrogen) atoms. The van der Waals surface area contributed by atoms with E-state index in [0.717, 1.165) is 11.3 Å². The number of furan rings is 2. The summed E-state index contributed by atoms with van der Waals surface area (Å²) in [6.07, 6.45) is 2.02. The van der Waals surface area contributed by atoms with E-state index < -0.39 is 18.0 Å². The second-order valence-corrected chi connectivity index (χ2v) is 9.74. The fourth-order valence-corrected chi connectivity index (χ4v) is 4.79. The van der Waals surface area contributed by atoms with Crippen molar-refractivity contribution in [3.05, 3.63) is 90.2 Å². The number of thiazole rings is 1. The van der Waals surface area contributed by atoms with Gasteiger partial charge in [0.05, 0.1) is 41.9 Å². The zero-order valence-corrected chi connectivity index (χ0v) is 22.7. The van der Waals surface area contributed by atoms with E-state index in [2.05, 4.69) is 10.3 Å². The molecule has 0 aliphatic carbocycles. The molecule has 0 aliphatic rings. The van der Waals surface area contributed by atoms with E-state index in [9.17, 15) is 9.59 Å². The first kappa shape index (κ1) is 26.0. The van der Waals surface area contributed by atoms with Gasteiger partial charge in [-0.1, -0.05) is 0 Å². The van der Waals surface area contributed by atoms with Crippen LogP contribution in [0, 0.1) is 0 Å². The van der Waals surface area contributed by atoms with E-state index in [1.165, 1.54) is 18.3 Å². The second-order valence-electron chi connectivity index (χ2n) is 8.88. The van der Waals surface area contributed by atoms with Crippen LogP contribution in [0.2, 0.25) is 0 Å². The average Bonchev–Trinajstić information content (AvgIpc) is 3.80. The number of anilines is 1. The van der Waals surface area contributed by atoms with Gasteiger partial charge >= 0.3 is 5.97 Å². The number of nitrogens with one attached hydrogen (secondary N) is 1. The highest BCUT2D eigenvalue weighted by molar-refractivity contribution is 7.14. The van der Waals surface area contributed by atoms with Crippen LogP contribution < -0.4 is 10.1 Å². The largest absolute Gasteiger partial charge is 0.497 e. The zero-order chi connectivity index (χ0) is 28.3. The first-order chi connectivity index (χ1) is 20.0. The predicted molar refractivity (Wildman–Crippen MR) is 153 cm³/mol. The van der Waals surface area contributed by atoms with Crippen molar-refractivity contribution in [2.24, 2.45) is 0 Å². The maximum atomic E-state index is 13.0. The van der Waals surface area contributed by atoms with Gasteiger partial charge in [-0.25, -0.2) is 19.7 Å². The molecule has 4 aromatic heterocycles. The van der Waals surface area contributed by atoms with Crippen molar-refractivity contribution < 1.29 is 27.9 Å². The summed E-state index contributed by atoms with van der Waals surface area (Å²) in [5, 5.41) is 4.93. The summed E-state index contributed by atoms with van der Waals surface area (Å²) >= 11 is 1.27. The van der Waals surface area contributed by atoms with E-state index in [0.29, 0.717) is 44.8 Å². The van der Waals surface area contributed by atoms with E-state index >= 15 is 0 Å². The van der Waals surface area contributed by atoms with Crippen LogP contribution in [-0.4, -0.2) is 40.0 Å². The number of carbonyl (C=O) groups excluding carboxylic acids is 2. The molecule has 0 aliphatic heterocycles. The zero-order valence-electron chi connectivity index (χ0n) is 21.9. The Bertz CT molecular complexity index is 1830. The van der Waals surface area contributed by atoms with Crippen LogP contribution in [0.15, 0.2) is 93.5 Å². The third-order valence-corrected chi connectivity index (χ3v) is 6.94. The average molecular weight is 567 g/mol. The van der Waals surface area contributed by atoms with Gasteiger partial charge in [-0.05, 0) is 73.7 Å². The Morgan fingerprint density at radius 2 is 1.56 bits per heavy atom. The van der Waals surface area contributed by atoms with Crippen LogP contribution >= 0.6 is 11.3 Å². The van der Waals surface area contributed by atoms with E-state index in [1.807, 2.05) is 29.6 Å². The molecule has 1 amide bonds. The van der Waals surface area contributed by atoms with Gasteiger partial charge in [-0.2, -0.15) is 0 Å². The number of carbonyl (C=O) groups is 2. The maximum Gasteiger partial charge on any atom is 0.338 e. The van der Waals surface area contributed by atoms with Crippen molar-refractivity contribution >= 4 is 39.4 Å². The normalized spacial score (nSPS) is 11.8. The molecule has 2 aromatic carbocycles. The highest BCUT2D eigenvalue weighted by Gasteiger charge is 2.22. The van der Waals surface area contributed by atoms with Crippen LogP contribution in [-0.2, 0) is 9.53 Å². The summed E-state index contributed by atoms with van der Waals surface area (Å²) in [6.45, 7) is 1.50. The lowest BCUT2D eigenvalue weighted by Gasteiger charge is -2.13. The summed E-state index contributed by atoms with van der Waals surface area (Å²) in [7, 11) is 1.60. The van der Waals surface area contributed by atoms with Crippen LogP contribution in [0.5, 0.6) is 5.75 Å². The predicted octanol–water partition coefficient (Wildman–Crippen LogP) is 6.47. The van der Waals surface area contributed by atoms with Crippen molar-refractivity contribution in [2.45, 2.75) is 13.0 Å². The number of hydrogen-bond acceptors (Lipinski definition) is 10. The summed E-state index contributed by atoms with van der Waals surface area (Å²) in [6, 6.07) is 19.3. The first-order valence-electron chi connectivity index (χ1n) is 12.5. The molecule has 10 nitrogen and oxygen atoms in total. The van der Waals surface area contributed by atoms with Crippen molar-refractivity contribution in [3.63, 3.8) is 0 Å². The fraction of sp³-hybridized carbons (Fsp3) is 0.100. The highest BCUT2D eigenvalue weighted by Crippen LogP contribution is 2.32. The monoisotopic (exact) mass is 566 g/mol. The van der Waals surface area contributed by atoms with Crippen LogP contribution in [0.3, 0.4) is 0 Å². The third kappa shape index (κ3) is 5.43. The van der Waals surface area contributed by atoms with E-state index in [1.54, 1.807) is 62.1 Å². The smallest absolute Gasteiger partial charge is 0.338 e. The second kappa shape index (κ2) is 11.1. The number of hydrogen-bond donors (Lipinski definition) is 1. The molecule has 204 valence electrons. The standard InChI is InChI=1S/C30H22N4O6S/c1-17(28(35)34-30-33-23(16-41-30)18-7-10-20(37-2)11-8-18)40-29(36)19-9-12-21-22(15-19)32-27(25-6-4-14-39-25)26(31-21)24-5-3-13-38-24/h3-17H,1-2H3,(H,33,34,35). The SMILES string of the molecule is COc1ccc(-c2csc(NC(=O)C(C)OC(=O)c3ccc4nc(-c5ccco5)c(-c5ccco5)nc4c3)n2)cc1. The number of benzene rings is 2. The van der Waals surface area contributed by atoms with Gasteiger partial charge in [0.25, 0.3) is 5.91 Å². The summed E-state index contributed by atoms with van der Waals surface area (Å²) in [5.41, 5.74) is 3.78. The number of methoxy groups -OCH3 is 1. The van der Waals surface area contributed by atoms with Crippen molar-refractivity contribution in [2.75, 3.05) is 12.4 Å². The van der Waals surface area contributed by atoms with Gasteiger partial charge in [-0.15, -0.1) is 11.3 Å². The molecule has 0 spiro atoms. The van der Waals surface area contributed by atoms with Crippen LogP contribution in [0.1, 0.15) is 17.3 Å². The molecule has 1 N–H and O–H groups in total. The molecule has 0 saturated carbocycles. The molecule has 11 heteroatoms. The molecule has 6 aromatic rings. The Balaban J connectivity index is 1.17. The van der Waals surface area contributed by atoms with Crippen LogP contribution in [0.25, 0.3) is 45.2 Å². The molecule has 0 fully saturated rings. The minimum Gasteiger partial charge on any atom is -0.497 e. The number of rotatable bonds is 8. The number of ether oxygens (including phenoxy) is 2. The summed E-state index contributed by atoms with van der Waals surface area (Å²) in [5.74, 6) is 0.594. The van der Waals surface area contributed by atoms with Crippen LogP contribution in [0.4, 0.5) is 5.13 Å². The Morgan fingerprint density at radius 1 is 0.878 bits per heavy atom. The van der Waals surface area contributed by atoms with Gasteiger partial charge in [0.2, 0.25) is 0 Å². The van der Waals surface area contributed by atoms with Crippen molar-refractivity contribution in [1.82, 2.24) is 15.0 Å². The molecular weight excluding hydrogens is 544 g/mol. The molecule has 6 rings (SSSR count). The molecular formula is C30H22N4O6S. The van der Waals surface area contributed by atoms with Gasteiger partial charge in [-0.3, -0.25) is 10.1 Å². The lowest BCUT2D eigenvalue weighted by Crippen LogP contribution is -2.30.